The molecule has 0 spiro atoms. The van der Waals surface area contributed by atoms with E-state index in [9.17, 15) is 9.59 Å². The van der Waals surface area contributed by atoms with Crippen molar-refractivity contribution in [1.82, 2.24) is 15.2 Å². The van der Waals surface area contributed by atoms with Gasteiger partial charge in [0, 0.05) is 11.8 Å². The zero-order valence-electron chi connectivity index (χ0n) is 13.4. The average Bonchev–Trinajstić information content (AvgIpc) is 2.99. The van der Waals surface area contributed by atoms with Crippen molar-refractivity contribution in [3.05, 3.63) is 34.7 Å². The molecule has 2 aromatic heterocycles. The minimum atomic E-state index is -0.646. The number of rotatable bonds is 6. The highest BCUT2D eigenvalue weighted by molar-refractivity contribution is 6.33. The van der Waals surface area contributed by atoms with E-state index in [0.29, 0.717) is 11.5 Å². The normalized spacial score (nSPS) is 10.3. The summed E-state index contributed by atoms with van der Waals surface area (Å²) in [7, 11) is 1.23. The molecule has 128 valence electrons. The summed E-state index contributed by atoms with van der Waals surface area (Å²) >= 11 is 5.95. The summed E-state index contributed by atoms with van der Waals surface area (Å²) in [5, 5.41) is 12.1. The topological polar surface area (TPSA) is 109 Å². The molecule has 0 aliphatic heterocycles. The Morgan fingerprint density at radius 1 is 1.33 bits per heavy atom. The van der Waals surface area contributed by atoms with E-state index >= 15 is 0 Å². The third-order valence-electron chi connectivity index (χ3n) is 3.15. The van der Waals surface area contributed by atoms with Gasteiger partial charge in [-0.25, -0.2) is 14.6 Å². The van der Waals surface area contributed by atoms with Crippen LogP contribution in [-0.2, 0) is 11.2 Å². The number of halogens is 1. The van der Waals surface area contributed by atoms with E-state index in [0.717, 1.165) is 25.0 Å². The van der Waals surface area contributed by atoms with Crippen LogP contribution in [0.3, 0.4) is 0 Å². The van der Waals surface area contributed by atoms with E-state index in [1.807, 2.05) is 0 Å². The van der Waals surface area contributed by atoms with Crippen LogP contribution in [0, 0.1) is 0 Å². The number of anilines is 2. The molecule has 0 atom stereocenters. The number of hydrogen-bond acceptors (Lipinski definition) is 5. The molecule has 3 N–H and O–H groups in total. The number of aromatic amines is 1. The number of hydrogen-bond donors (Lipinski definition) is 3. The number of aromatic nitrogens is 3. The number of unbranched alkanes of at least 4 members (excludes halogenated alkanes) is 1. The third-order valence-corrected chi connectivity index (χ3v) is 3.44. The smallest absolute Gasteiger partial charge is 0.358 e. The van der Waals surface area contributed by atoms with Crippen molar-refractivity contribution in [2.24, 2.45) is 0 Å². The van der Waals surface area contributed by atoms with E-state index in [-0.39, 0.29) is 10.7 Å². The van der Waals surface area contributed by atoms with Crippen LogP contribution in [0.2, 0.25) is 5.02 Å². The fourth-order valence-electron chi connectivity index (χ4n) is 1.95. The van der Waals surface area contributed by atoms with Gasteiger partial charge in [0.15, 0.2) is 11.5 Å². The maximum Gasteiger partial charge on any atom is 0.358 e. The summed E-state index contributed by atoms with van der Waals surface area (Å²) < 4.78 is 4.55. The molecule has 0 saturated carbocycles. The number of nitrogens with one attached hydrogen (secondary N) is 3. The maximum absolute atomic E-state index is 12.0. The van der Waals surface area contributed by atoms with Gasteiger partial charge in [0.25, 0.3) is 0 Å². The highest BCUT2D eigenvalue weighted by Crippen LogP contribution is 2.19. The quantitative estimate of drug-likeness (QED) is 0.692. The number of H-pyrrole nitrogens is 1. The zero-order chi connectivity index (χ0) is 17.5. The van der Waals surface area contributed by atoms with Gasteiger partial charge in [-0.2, -0.15) is 5.10 Å². The molecule has 0 aliphatic carbocycles. The number of ether oxygens (including phenoxy) is 1. The molecule has 0 fully saturated rings. The molecule has 0 radical (unpaired) electrons. The number of urea groups is 1. The van der Waals surface area contributed by atoms with Gasteiger partial charge in [-0.3, -0.25) is 10.4 Å². The van der Waals surface area contributed by atoms with Crippen LogP contribution in [-0.4, -0.2) is 34.3 Å². The highest BCUT2D eigenvalue weighted by atomic mass is 35.5. The minimum absolute atomic E-state index is 0.0157. The van der Waals surface area contributed by atoms with E-state index in [2.05, 4.69) is 37.5 Å². The predicted octanol–water partition coefficient (Wildman–Crippen LogP) is 3.23. The lowest BCUT2D eigenvalue weighted by molar-refractivity contribution is 0.0594. The van der Waals surface area contributed by atoms with Gasteiger partial charge < -0.3 is 10.1 Å². The lowest BCUT2D eigenvalue weighted by Crippen LogP contribution is -2.20. The molecule has 0 aromatic carbocycles. The molecule has 24 heavy (non-hydrogen) atoms. The SMILES string of the molecule is CCCCc1cc(NC(=O)Nc2cnc(C(=O)OC)c(Cl)c2)n[nH]1. The molecule has 2 heterocycles. The molecule has 0 unspecified atom stereocenters. The summed E-state index contributed by atoms with van der Waals surface area (Å²) in [5.74, 6) is -0.226. The second kappa shape index (κ2) is 8.30. The monoisotopic (exact) mass is 351 g/mol. The number of carbonyl (C=O) groups is 2. The first-order chi connectivity index (χ1) is 11.5. The molecule has 0 saturated heterocycles. The van der Waals surface area contributed by atoms with Crippen molar-refractivity contribution in [3.63, 3.8) is 0 Å². The maximum atomic E-state index is 12.0. The number of pyridine rings is 1. The zero-order valence-corrected chi connectivity index (χ0v) is 14.1. The third kappa shape index (κ3) is 4.69. The number of amides is 2. The van der Waals surface area contributed by atoms with Crippen LogP contribution in [0.25, 0.3) is 0 Å². The van der Waals surface area contributed by atoms with Crippen LogP contribution in [0.4, 0.5) is 16.3 Å². The molecule has 2 rings (SSSR count). The fraction of sp³-hybridized carbons (Fsp3) is 0.333. The predicted molar refractivity (Wildman–Crippen MR) is 90.4 cm³/mol. The number of methoxy groups -OCH3 is 1. The molecular weight excluding hydrogens is 334 g/mol. The van der Waals surface area contributed by atoms with Crippen molar-refractivity contribution in [2.45, 2.75) is 26.2 Å². The lowest BCUT2D eigenvalue weighted by atomic mass is 10.2. The number of carbonyl (C=O) groups excluding carboxylic acids is 2. The van der Waals surface area contributed by atoms with Gasteiger partial charge in [-0.1, -0.05) is 24.9 Å². The van der Waals surface area contributed by atoms with Crippen molar-refractivity contribution in [1.29, 1.82) is 0 Å². The van der Waals surface area contributed by atoms with Crippen molar-refractivity contribution >= 4 is 35.1 Å². The van der Waals surface area contributed by atoms with Gasteiger partial charge in [0.2, 0.25) is 0 Å². The Morgan fingerprint density at radius 2 is 2.12 bits per heavy atom. The second-order valence-corrected chi connectivity index (χ2v) is 5.41. The fourth-order valence-corrected chi connectivity index (χ4v) is 2.20. The molecule has 2 aromatic rings. The molecular formula is C15H18ClN5O3. The van der Waals surface area contributed by atoms with Gasteiger partial charge >= 0.3 is 12.0 Å². The van der Waals surface area contributed by atoms with E-state index in [4.69, 9.17) is 11.6 Å². The first-order valence-corrected chi connectivity index (χ1v) is 7.77. The Bertz CT molecular complexity index is 732. The van der Waals surface area contributed by atoms with Gasteiger partial charge in [-0.15, -0.1) is 0 Å². The van der Waals surface area contributed by atoms with Gasteiger partial charge in [0.1, 0.15) is 0 Å². The van der Waals surface area contributed by atoms with E-state index in [1.165, 1.54) is 19.4 Å². The van der Waals surface area contributed by atoms with Crippen molar-refractivity contribution < 1.29 is 14.3 Å². The number of aryl methyl sites for hydroxylation is 1. The number of esters is 1. The molecule has 8 nitrogen and oxygen atoms in total. The van der Waals surface area contributed by atoms with Crippen LogP contribution >= 0.6 is 11.6 Å². The number of nitrogens with zero attached hydrogens (tertiary/aromatic N) is 2. The lowest BCUT2D eigenvalue weighted by Gasteiger charge is -2.07. The Hall–Kier alpha value is -2.61. The molecule has 9 heteroatoms. The van der Waals surface area contributed by atoms with Crippen LogP contribution in [0.15, 0.2) is 18.3 Å². The summed E-state index contributed by atoms with van der Waals surface area (Å²) in [6.07, 6.45) is 4.32. The van der Waals surface area contributed by atoms with E-state index < -0.39 is 12.0 Å². The summed E-state index contributed by atoms with van der Waals surface area (Å²) in [6, 6.07) is 2.70. The molecule has 2 amide bonds. The summed E-state index contributed by atoms with van der Waals surface area (Å²) in [6.45, 7) is 2.10. The Kier molecular flexibility index (Phi) is 6.14. The van der Waals surface area contributed by atoms with Crippen molar-refractivity contribution in [2.75, 3.05) is 17.7 Å². The summed E-state index contributed by atoms with van der Waals surface area (Å²) in [5.41, 5.74) is 1.28. The van der Waals surface area contributed by atoms with Crippen LogP contribution in [0.1, 0.15) is 35.9 Å². The van der Waals surface area contributed by atoms with E-state index in [1.54, 1.807) is 6.07 Å². The van der Waals surface area contributed by atoms with Crippen LogP contribution in [0.5, 0.6) is 0 Å². The second-order valence-electron chi connectivity index (χ2n) is 5.01. The Labute approximate surface area is 143 Å². The molecule has 0 aliphatic rings. The Morgan fingerprint density at radius 3 is 2.79 bits per heavy atom. The summed E-state index contributed by atoms with van der Waals surface area (Å²) in [4.78, 5) is 27.2. The Balaban J connectivity index is 1.96. The average molecular weight is 352 g/mol. The van der Waals surface area contributed by atoms with Crippen molar-refractivity contribution in [3.8, 4) is 0 Å². The largest absolute Gasteiger partial charge is 0.464 e. The first-order valence-electron chi connectivity index (χ1n) is 7.39. The van der Waals surface area contributed by atoms with Gasteiger partial charge in [0.05, 0.1) is 24.0 Å². The van der Waals surface area contributed by atoms with Gasteiger partial charge in [-0.05, 0) is 18.9 Å². The standard InChI is InChI=1S/C15H18ClN5O3/c1-3-4-5-9-7-12(21-20-9)19-15(23)18-10-6-11(16)13(17-8-10)14(22)24-2/h6-8H,3-5H2,1-2H3,(H3,18,19,20,21,23). The first kappa shape index (κ1) is 17.7. The molecule has 0 bridgehead atoms. The minimum Gasteiger partial charge on any atom is -0.464 e. The van der Waals surface area contributed by atoms with Crippen LogP contribution < -0.4 is 10.6 Å². The highest BCUT2D eigenvalue weighted by Gasteiger charge is 2.14.